The van der Waals surface area contributed by atoms with Crippen LogP contribution >= 0.6 is 23.2 Å². The number of nitrogens with zero attached hydrogens (tertiary/aromatic N) is 2. The second kappa shape index (κ2) is 8.16. The zero-order valence-corrected chi connectivity index (χ0v) is 14.7. The number of rotatable bonds is 6. The van der Waals surface area contributed by atoms with Crippen LogP contribution in [0.15, 0.2) is 46.9 Å². The van der Waals surface area contributed by atoms with E-state index < -0.39 is 11.7 Å². The second-order valence-electron chi connectivity index (χ2n) is 5.12. The number of aromatic nitrogens is 2. The fraction of sp³-hybridized carbons (Fsp3) is 0.118. The molecule has 2 aromatic carbocycles. The third-order valence-corrected chi connectivity index (χ3v) is 3.79. The second-order valence-corrected chi connectivity index (χ2v) is 5.96. The lowest BCUT2D eigenvalue weighted by Gasteiger charge is -2.08. The van der Waals surface area contributed by atoms with E-state index in [0.29, 0.717) is 15.8 Å². The molecule has 6 nitrogen and oxygen atoms in total. The average molecular weight is 396 g/mol. The van der Waals surface area contributed by atoms with Crippen molar-refractivity contribution in [3.63, 3.8) is 0 Å². The number of amides is 1. The molecule has 0 aliphatic heterocycles. The summed E-state index contributed by atoms with van der Waals surface area (Å²) in [5, 5.41) is 10.9. The third-order valence-electron chi connectivity index (χ3n) is 3.26. The highest BCUT2D eigenvalue weighted by atomic mass is 35.5. The molecule has 134 valence electrons. The molecule has 0 aliphatic rings. The van der Waals surface area contributed by atoms with Gasteiger partial charge in [-0.2, -0.15) is 0 Å². The maximum atomic E-state index is 13.7. The van der Waals surface area contributed by atoms with E-state index in [1.54, 1.807) is 24.3 Å². The van der Waals surface area contributed by atoms with E-state index in [1.165, 1.54) is 18.2 Å². The molecule has 1 N–H and O–H groups in total. The van der Waals surface area contributed by atoms with Crippen molar-refractivity contribution < 1.29 is 18.3 Å². The zero-order valence-electron chi connectivity index (χ0n) is 13.2. The van der Waals surface area contributed by atoms with E-state index >= 15 is 0 Å². The normalized spacial score (nSPS) is 10.6. The standard InChI is InChI=1S/C17H12Cl2FN3O3/c18-10-5-6-14(12(19)7-10)25-9-15(24)21-8-16-22-23-17(26-16)11-3-1-2-4-13(11)20/h1-7H,8-9H2,(H,21,24). The number of halogens is 3. The Bertz CT molecular complexity index is 933. The lowest BCUT2D eigenvalue weighted by atomic mass is 10.2. The van der Waals surface area contributed by atoms with Gasteiger partial charge in [0.25, 0.3) is 11.8 Å². The number of hydrogen-bond acceptors (Lipinski definition) is 5. The fourth-order valence-corrected chi connectivity index (χ4v) is 2.49. The van der Waals surface area contributed by atoms with Gasteiger partial charge in [-0.05, 0) is 30.3 Å². The Morgan fingerprint density at radius 1 is 1.19 bits per heavy atom. The van der Waals surface area contributed by atoms with Crippen LogP contribution in [0.2, 0.25) is 10.0 Å². The average Bonchev–Trinajstić information content (AvgIpc) is 3.08. The molecule has 0 spiro atoms. The molecule has 1 aromatic heterocycles. The molecule has 0 saturated heterocycles. The third kappa shape index (κ3) is 4.50. The van der Waals surface area contributed by atoms with Crippen LogP contribution in [0.4, 0.5) is 4.39 Å². The molecular formula is C17H12Cl2FN3O3. The van der Waals surface area contributed by atoms with Gasteiger partial charge in [-0.15, -0.1) is 10.2 Å². The minimum Gasteiger partial charge on any atom is -0.482 e. The first-order valence-electron chi connectivity index (χ1n) is 7.45. The summed E-state index contributed by atoms with van der Waals surface area (Å²) in [6.07, 6.45) is 0. The first kappa shape index (κ1) is 18.2. The van der Waals surface area contributed by atoms with Crippen molar-refractivity contribution >= 4 is 29.1 Å². The first-order chi connectivity index (χ1) is 12.5. The minimum atomic E-state index is -0.472. The van der Waals surface area contributed by atoms with Crippen molar-refractivity contribution in [2.75, 3.05) is 6.61 Å². The molecule has 1 heterocycles. The lowest BCUT2D eigenvalue weighted by molar-refractivity contribution is -0.123. The summed E-state index contributed by atoms with van der Waals surface area (Å²) in [6, 6.07) is 10.7. The SMILES string of the molecule is O=C(COc1ccc(Cl)cc1Cl)NCc1nnc(-c2ccccc2F)o1. The van der Waals surface area contributed by atoms with Gasteiger partial charge in [-0.3, -0.25) is 4.79 Å². The number of ether oxygens (including phenoxy) is 1. The zero-order chi connectivity index (χ0) is 18.5. The molecule has 3 aromatic rings. The molecule has 1 amide bonds. The highest BCUT2D eigenvalue weighted by molar-refractivity contribution is 6.35. The van der Waals surface area contributed by atoms with E-state index in [4.69, 9.17) is 32.4 Å². The van der Waals surface area contributed by atoms with Gasteiger partial charge in [0.1, 0.15) is 11.6 Å². The summed E-state index contributed by atoms with van der Waals surface area (Å²) >= 11 is 11.7. The highest BCUT2D eigenvalue weighted by Gasteiger charge is 2.13. The summed E-state index contributed by atoms with van der Waals surface area (Å²) in [7, 11) is 0. The summed E-state index contributed by atoms with van der Waals surface area (Å²) in [4.78, 5) is 11.8. The van der Waals surface area contributed by atoms with E-state index in [9.17, 15) is 9.18 Å². The van der Waals surface area contributed by atoms with Crippen LogP contribution < -0.4 is 10.1 Å². The quantitative estimate of drug-likeness (QED) is 0.685. The molecule has 26 heavy (non-hydrogen) atoms. The number of benzene rings is 2. The van der Waals surface area contributed by atoms with E-state index in [1.807, 2.05) is 0 Å². The predicted molar refractivity (Wildman–Crippen MR) is 93.5 cm³/mol. The molecule has 0 bridgehead atoms. The Hall–Kier alpha value is -2.64. The van der Waals surface area contributed by atoms with Gasteiger partial charge in [0.05, 0.1) is 17.1 Å². The van der Waals surface area contributed by atoms with Crippen molar-refractivity contribution in [1.82, 2.24) is 15.5 Å². The Morgan fingerprint density at radius 3 is 2.77 bits per heavy atom. The summed E-state index contributed by atoms with van der Waals surface area (Å²) in [5.41, 5.74) is 0.193. The van der Waals surface area contributed by atoms with Crippen molar-refractivity contribution in [3.8, 4) is 17.2 Å². The van der Waals surface area contributed by atoms with E-state index in [-0.39, 0.29) is 30.5 Å². The van der Waals surface area contributed by atoms with E-state index in [2.05, 4.69) is 15.5 Å². The monoisotopic (exact) mass is 395 g/mol. The molecule has 3 rings (SSSR count). The van der Waals surface area contributed by atoms with Gasteiger partial charge >= 0.3 is 0 Å². The van der Waals surface area contributed by atoms with Crippen LogP contribution in [-0.4, -0.2) is 22.7 Å². The van der Waals surface area contributed by atoms with Crippen LogP contribution in [0.25, 0.3) is 11.5 Å². The highest BCUT2D eigenvalue weighted by Crippen LogP contribution is 2.27. The number of carbonyl (C=O) groups is 1. The topological polar surface area (TPSA) is 77.2 Å². The Balaban J connectivity index is 1.53. The molecule has 0 saturated carbocycles. The van der Waals surface area contributed by atoms with Gasteiger partial charge in [0.2, 0.25) is 5.89 Å². The largest absolute Gasteiger partial charge is 0.482 e. The molecular weight excluding hydrogens is 384 g/mol. The first-order valence-corrected chi connectivity index (χ1v) is 8.20. The minimum absolute atomic E-state index is 0.0159. The number of hydrogen-bond donors (Lipinski definition) is 1. The predicted octanol–water partition coefficient (Wildman–Crippen LogP) is 3.88. The Morgan fingerprint density at radius 2 is 2.00 bits per heavy atom. The van der Waals surface area contributed by atoms with Crippen LogP contribution in [0.3, 0.4) is 0 Å². The number of carbonyl (C=O) groups excluding carboxylic acids is 1. The van der Waals surface area contributed by atoms with Crippen LogP contribution in [0.5, 0.6) is 5.75 Å². The molecule has 9 heteroatoms. The van der Waals surface area contributed by atoms with Gasteiger partial charge in [-0.1, -0.05) is 35.3 Å². The molecule has 0 aliphatic carbocycles. The van der Waals surface area contributed by atoms with Gasteiger partial charge in [0.15, 0.2) is 6.61 Å². The van der Waals surface area contributed by atoms with Crippen molar-refractivity contribution in [2.45, 2.75) is 6.54 Å². The molecule has 0 fully saturated rings. The summed E-state index contributed by atoms with van der Waals surface area (Å²) in [6.45, 7) is -0.270. The Labute approximate surface area is 157 Å². The van der Waals surface area contributed by atoms with Crippen LogP contribution in [-0.2, 0) is 11.3 Å². The van der Waals surface area contributed by atoms with Crippen LogP contribution in [0, 0.1) is 5.82 Å². The van der Waals surface area contributed by atoms with Gasteiger partial charge in [-0.25, -0.2) is 4.39 Å². The van der Waals surface area contributed by atoms with Crippen LogP contribution in [0.1, 0.15) is 5.89 Å². The maximum Gasteiger partial charge on any atom is 0.258 e. The fourth-order valence-electron chi connectivity index (χ4n) is 2.03. The lowest BCUT2D eigenvalue weighted by Crippen LogP contribution is -2.28. The summed E-state index contributed by atoms with van der Waals surface area (Å²) < 4.78 is 24.3. The molecule has 0 atom stereocenters. The Kier molecular flexibility index (Phi) is 5.70. The molecule has 0 radical (unpaired) electrons. The van der Waals surface area contributed by atoms with Crippen molar-refractivity contribution in [3.05, 3.63) is 64.2 Å². The summed E-state index contributed by atoms with van der Waals surface area (Å²) in [5.74, 6) is -0.370. The van der Waals surface area contributed by atoms with Gasteiger partial charge in [0, 0.05) is 5.02 Å². The van der Waals surface area contributed by atoms with Gasteiger partial charge < -0.3 is 14.5 Å². The smallest absolute Gasteiger partial charge is 0.258 e. The maximum absolute atomic E-state index is 13.7. The van der Waals surface area contributed by atoms with Crippen molar-refractivity contribution in [1.29, 1.82) is 0 Å². The van der Waals surface area contributed by atoms with E-state index in [0.717, 1.165) is 0 Å². The molecule has 0 unspecified atom stereocenters. The van der Waals surface area contributed by atoms with Crippen molar-refractivity contribution in [2.24, 2.45) is 0 Å². The number of nitrogens with one attached hydrogen (secondary N) is 1.